The second-order valence-corrected chi connectivity index (χ2v) is 9.31. The molecule has 0 aliphatic carbocycles. The number of nitrogen functional groups attached to an aromatic ring is 1. The van der Waals surface area contributed by atoms with Gasteiger partial charge >= 0.3 is 5.97 Å². The number of carboxylic acid groups (broad SMARTS) is 1. The molecule has 1 saturated heterocycles. The second kappa shape index (κ2) is 10.7. The van der Waals surface area contributed by atoms with Crippen molar-refractivity contribution in [2.75, 3.05) is 12.3 Å². The van der Waals surface area contributed by atoms with Crippen LogP contribution in [0.2, 0.25) is 0 Å². The SMILES string of the molecule is C[C@@H](c1cccc(Cn2cc(-c3cc(-c4cccc(C#N)c4)nc(N)n3)nn2)n1)N1CCCCC1C(=O)O. The number of piperidine rings is 1. The molecule has 3 N–H and O–H groups in total. The van der Waals surface area contributed by atoms with Crippen molar-refractivity contribution in [2.24, 2.45) is 0 Å². The summed E-state index contributed by atoms with van der Waals surface area (Å²) in [5.41, 5.74) is 10.5. The Bertz CT molecular complexity index is 1510. The lowest BCUT2D eigenvalue weighted by Crippen LogP contribution is -2.46. The van der Waals surface area contributed by atoms with Crippen LogP contribution in [0.4, 0.5) is 5.95 Å². The maximum absolute atomic E-state index is 11.8. The molecule has 1 aromatic carbocycles. The number of pyridine rings is 1. The average Bonchev–Trinajstić information content (AvgIpc) is 3.41. The molecule has 11 nitrogen and oxygen atoms in total. The third-order valence-corrected chi connectivity index (χ3v) is 6.74. The summed E-state index contributed by atoms with van der Waals surface area (Å²) in [6.07, 6.45) is 4.32. The number of aliphatic carboxylic acids is 1. The van der Waals surface area contributed by atoms with Crippen LogP contribution in [0.3, 0.4) is 0 Å². The van der Waals surface area contributed by atoms with Gasteiger partial charge in [-0.1, -0.05) is 29.8 Å². The molecule has 1 aliphatic heterocycles. The first kappa shape index (κ1) is 25.0. The van der Waals surface area contributed by atoms with Gasteiger partial charge in [-0.2, -0.15) is 5.26 Å². The Balaban J connectivity index is 1.35. The normalized spacial score (nSPS) is 16.6. The summed E-state index contributed by atoms with van der Waals surface area (Å²) >= 11 is 0. The number of carbonyl (C=O) groups is 1. The summed E-state index contributed by atoms with van der Waals surface area (Å²) < 4.78 is 1.67. The fourth-order valence-corrected chi connectivity index (χ4v) is 4.82. The molecule has 38 heavy (non-hydrogen) atoms. The molecule has 11 heteroatoms. The third kappa shape index (κ3) is 5.35. The lowest BCUT2D eigenvalue weighted by atomic mass is 9.99. The van der Waals surface area contributed by atoms with E-state index < -0.39 is 12.0 Å². The van der Waals surface area contributed by atoms with Crippen molar-refractivity contribution < 1.29 is 9.90 Å². The third-order valence-electron chi connectivity index (χ3n) is 6.74. The Hall–Kier alpha value is -4.69. The zero-order chi connectivity index (χ0) is 26.6. The Morgan fingerprint density at radius 3 is 2.76 bits per heavy atom. The quantitative estimate of drug-likeness (QED) is 0.378. The molecule has 0 spiro atoms. The first-order valence-corrected chi connectivity index (χ1v) is 12.4. The smallest absolute Gasteiger partial charge is 0.320 e. The Morgan fingerprint density at radius 2 is 1.95 bits per heavy atom. The van der Waals surface area contributed by atoms with E-state index in [9.17, 15) is 15.2 Å². The van der Waals surface area contributed by atoms with Crippen LogP contribution in [0.5, 0.6) is 0 Å². The minimum Gasteiger partial charge on any atom is -0.480 e. The van der Waals surface area contributed by atoms with Crippen molar-refractivity contribution in [3.8, 4) is 28.7 Å². The molecule has 4 heterocycles. The van der Waals surface area contributed by atoms with E-state index in [1.807, 2.05) is 36.1 Å². The number of nitriles is 1. The van der Waals surface area contributed by atoms with E-state index in [1.165, 1.54) is 0 Å². The maximum Gasteiger partial charge on any atom is 0.320 e. The van der Waals surface area contributed by atoms with Crippen LogP contribution < -0.4 is 5.73 Å². The molecule has 0 saturated carbocycles. The van der Waals surface area contributed by atoms with E-state index in [2.05, 4.69) is 26.3 Å². The van der Waals surface area contributed by atoms with E-state index in [0.29, 0.717) is 35.6 Å². The Morgan fingerprint density at radius 1 is 1.13 bits per heavy atom. The summed E-state index contributed by atoms with van der Waals surface area (Å²) in [7, 11) is 0. The molecular weight excluding hydrogens is 482 g/mol. The highest BCUT2D eigenvalue weighted by Gasteiger charge is 2.32. The Labute approximate surface area is 219 Å². The zero-order valence-electron chi connectivity index (χ0n) is 20.9. The number of aromatic nitrogens is 6. The number of likely N-dealkylation sites (tertiary alicyclic amines) is 1. The van der Waals surface area contributed by atoms with Gasteiger partial charge in [-0.3, -0.25) is 14.7 Å². The predicted molar refractivity (Wildman–Crippen MR) is 139 cm³/mol. The van der Waals surface area contributed by atoms with E-state index in [1.54, 1.807) is 35.1 Å². The topological polar surface area (TPSA) is 160 Å². The van der Waals surface area contributed by atoms with Gasteiger partial charge in [0.05, 0.1) is 53.2 Å². The van der Waals surface area contributed by atoms with Gasteiger partial charge < -0.3 is 10.8 Å². The lowest BCUT2D eigenvalue weighted by molar-refractivity contribution is -0.145. The molecule has 4 aromatic rings. The van der Waals surface area contributed by atoms with E-state index in [0.717, 1.165) is 36.3 Å². The van der Waals surface area contributed by atoms with Crippen LogP contribution in [-0.4, -0.2) is 58.5 Å². The number of nitrogens with zero attached hydrogens (tertiary/aromatic N) is 8. The second-order valence-electron chi connectivity index (χ2n) is 9.31. The van der Waals surface area contributed by atoms with Crippen LogP contribution in [0.15, 0.2) is 54.7 Å². The van der Waals surface area contributed by atoms with Crippen molar-refractivity contribution in [1.29, 1.82) is 5.26 Å². The number of anilines is 1. The van der Waals surface area contributed by atoms with Gasteiger partial charge in [0.1, 0.15) is 11.7 Å². The maximum atomic E-state index is 11.8. The molecule has 3 aromatic heterocycles. The first-order chi connectivity index (χ1) is 18.4. The van der Waals surface area contributed by atoms with Crippen LogP contribution in [0.1, 0.15) is 49.2 Å². The van der Waals surface area contributed by atoms with Gasteiger partial charge in [-0.25, -0.2) is 14.6 Å². The highest BCUT2D eigenvalue weighted by Crippen LogP contribution is 2.28. The predicted octanol–water partition coefficient (Wildman–Crippen LogP) is 3.30. The van der Waals surface area contributed by atoms with Gasteiger partial charge in [0.2, 0.25) is 5.95 Å². The fraction of sp³-hybridized carbons (Fsp3) is 0.296. The van der Waals surface area contributed by atoms with Crippen LogP contribution in [0, 0.1) is 11.3 Å². The number of hydrogen-bond donors (Lipinski definition) is 2. The van der Waals surface area contributed by atoms with Crippen molar-refractivity contribution >= 4 is 11.9 Å². The van der Waals surface area contributed by atoms with Crippen molar-refractivity contribution in [3.63, 3.8) is 0 Å². The van der Waals surface area contributed by atoms with Crippen LogP contribution >= 0.6 is 0 Å². The molecule has 1 fully saturated rings. The fourth-order valence-electron chi connectivity index (χ4n) is 4.82. The van der Waals surface area contributed by atoms with Crippen molar-refractivity contribution in [2.45, 2.75) is 44.8 Å². The molecule has 0 radical (unpaired) electrons. The number of benzene rings is 1. The first-order valence-electron chi connectivity index (χ1n) is 12.4. The van der Waals surface area contributed by atoms with Crippen LogP contribution in [-0.2, 0) is 11.3 Å². The molecule has 1 aliphatic rings. The highest BCUT2D eigenvalue weighted by molar-refractivity contribution is 5.73. The number of hydrogen-bond acceptors (Lipinski definition) is 9. The summed E-state index contributed by atoms with van der Waals surface area (Å²) in [5.74, 6) is -0.690. The molecule has 0 amide bonds. The van der Waals surface area contributed by atoms with E-state index >= 15 is 0 Å². The highest BCUT2D eigenvalue weighted by atomic mass is 16.4. The van der Waals surface area contributed by atoms with Crippen molar-refractivity contribution in [3.05, 3.63) is 71.7 Å². The van der Waals surface area contributed by atoms with Gasteiger partial charge in [0.15, 0.2) is 0 Å². The lowest BCUT2D eigenvalue weighted by Gasteiger charge is -2.37. The van der Waals surface area contributed by atoms with Gasteiger partial charge in [0.25, 0.3) is 0 Å². The molecular formula is C27H27N9O2. The molecule has 192 valence electrons. The van der Waals surface area contributed by atoms with E-state index in [4.69, 9.17) is 10.7 Å². The Kier molecular flexibility index (Phi) is 7.06. The standard InChI is InChI=1S/C27H27N9O2/c1-17(36-11-3-2-10-25(36)26(37)38)21-9-5-8-20(30-21)15-35-16-24(33-34-35)23-13-22(31-27(29)32-23)19-7-4-6-18(12-19)14-28/h4-9,12-13,16-17,25H,2-3,10-11,15H2,1H3,(H,37,38)(H2,29,31,32)/t17-,25?/m0/s1. The van der Waals surface area contributed by atoms with Crippen molar-refractivity contribution in [1.82, 2.24) is 34.8 Å². The van der Waals surface area contributed by atoms with Gasteiger partial charge in [0, 0.05) is 5.56 Å². The monoisotopic (exact) mass is 509 g/mol. The summed E-state index contributed by atoms with van der Waals surface area (Å²) in [5, 5.41) is 27.4. The van der Waals surface area contributed by atoms with E-state index in [-0.39, 0.29) is 12.0 Å². The summed E-state index contributed by atoms with van der Waals surface area (Å²) in [6.45, 7) is 3.12. The summed E-state index contributed by atoms with van der Waals surface area (Å²) in [6, 6.07) is 16.2. The van der Waals surface area contributed by atoms with Gasteiger partial charge in [-0.15, -0.1) is 5.10 Å². The molecule has 5 rings (SSSR count). The zero-order valence-corrected chi connectivity index (χ0v) is 20.9. The van der Waals surface area contributed by atoms with Gasteiger partial charge in [-0.05, 0) is 56.6 Å². The number of rotatable bonds is 7. The number of carboxylic acids is 1. The average molecular weight is 510 g/mol. The summed E-state index contributed by atoms with van der Waals surface area (Å²) in [4.78, 5) is 27.2. The number of nitrogens with two attached hydrogens (primary N) is 1. The molecule has 1 unspecified atom stereocenters. The molecule has 2 atom stereocenters. The minimum absolute atomic E-state index is 0.0927. The molecule has 0 bridgehead atoms. The minimum atomic E-state index is -0.783. The van der Waals surface area contributed by atoms with Crippen LogP contribution in [0.25, 0.3) is 22.6 Å². The largest absolute Gasteiger partial charge is 0.480 e.